The molecular weight excluding hydrogens is 222 g/mol. The van der Waals surface area contributed by atoms with E-state index in [2.05, 4.69) is 28.7 Å². The third-order valence-electron chi connectivity index (χ3n) is 3.03. The van der Waals surface area contributed by atoms with Gasteiger partial charge in [0.25, 0.3) is 0 Å². The van der Waals surface area contributed by atoms with Crippen LogP contribution in [0.2, 0.25) is 0 Å². The summed E-state index contributed by atoms with van der Waals surface area (Å²) in [5.41, 5.74) is 1.22. The van der Waals surface area contributed by atoms with Crippen LogP contribution >= 0.6 is 11.6 Å². The van der Waals surface area contributed by atoms with E-state index < -0.39 is 0 Å². The summed E-state index contributed by atoms with van der Waals surface area (Å²) in [6.45, 7) is 6.73. The van der Waals surface area contributed by atoms with Crippen LogP contribution in [0.15, 0.2) is 12.4 Å². The average Bonchev–Trinajstić information content (AvgIpc) is 2.28. The number of hydrogen-bond acceptors (Lipinski definition) is 3. The van der Waals surface area contributed by atoms with Crippen molar-refractivity contribution in [1.29, 1.82) is 0 Å². The molecule has 1 aromatic heterocycles. The Morgan fingerprint density at radius 3 is 2.94 bits per heavy atom. The number of halogens is 1. The Morgan fingerprint density at radius 1 is 1.44 bits per heavy atom. The van der Waals surface area contributed by atoms with Crippen molar-refractivity contribution < 1.29 is 0 Å². The van der Waals surface area contributed by atoms with Gasteiger partial charge in [-0.25, -0.2) is 4.98 Å². The second-order valence-electron chi connectivity index (χ2n) is 5.19. The van der Waals surface area contributed by atoms with Gasteiger partial charge in [-0.05, 0) is 18.3 Å². The molecule has 4 heteroatoms. The molecule has 1 aliphatic heterocycles. The topological polar surface area (TPSA) is 29.0 Å². The van der Waals surface area contributed by atoms with Gasteiger partial charge in [-0.1, -0.05) is 13.8 Å². The van der Waals surface area contributed by atoms with E-state index in [1.54, 1.807) is 6.20 Å². The molecule has 1 fully saturated rings. The van der Waals surface area contributed by atoms with Crippen LogP contribution in [-0.4, -0.2) is 23.1 Å². The van der Waals surface area contributed by atoms with Gasteiger partial charge in [0.2, 0.25) is 0 Å². The fraction of sp³-hybridized carbons (Fsp3) is 0.667. The molecule has 0 unspecified atom stereocenters. The number of hydrogen-bond donors (Lipinski definition) is 0. The van der Waals surface area contributed by atoms with E-state index in [1.807, 2.05) is 6.20 Å². The van der Waals surface area contributed by atoms with Crippen LogP contribution in [0.5, 0.6) is 0 Å². The molecule has 1 aromatic rings. The van der Waals surface area contributed by atoms with Crippen molar-refractivity contribution >= 4 is 17.4 Å². The molecule has 2 heterocycles. The van der Waals surface area contributed by atoms with Gasteiger partial charge in [0.15, 0.2) is 0 Å². The summed E-state index contributed by atoms with van der Waals surface area (Å²) in [5.74, 6) is 1.39. The van der Waals surface area contributed by atoms with Crippen LogP contribution < -0.4 is 4.90 Å². The molecule has 0 amide bonds. The standard InChI is InChI=1S/C12H18ClN3/c1-12(2)4-3-5-16(9-12)11-8-14-7-10(6-13)15-11/h7-8H,3-6,9H2,1-2H3. The molecule has 0 aromatic carbocycles. The minimum Gasteiger partial charge on any atom is -0.355 e. The molecular formula is C12H18ClN3. The van der Waals surface area contributed by atoms with E-state index in [0.717, 1.165) is 24.6 Å². The molecule has 1 aliphatic rings. The highest BCUT2D eigenvalue weighted by Gasteiger charge is 2.27. The van der Waals surface area contributed by atoms with Crippen LogP contribution in [-0.2, 0) is 5.88 Å². The van der Waals surface area contributed by atoms with Gasteiger partial charge in [0.05, 0.1) is 17.8 Å². The lowest BCUT2D eigenvalue weighted by Crippen LogP contribution is -2.40. The summed E-state index contributed by atoms with van der Waals surface area (Å²) < 4.78 is 0. The third kappa shape index (κ3) is 2.64. The maximum Gasteiger partial charge on any atom is 0.147 e. The molecule has 0 bridgehead atoms. The fourth-order valence-electron chi connectivity index (χ4n) is 2.23. The van der Waals surface area contributed by atoms with Gasteiger partial charge in [0, 0.05) is 19.3 Å². The normalized spacial score (nSPS) is 19.8. The Morgan fingerprint density at radius 2 is 2.25 bits per heavy atom. The predicted molar refractivity (Wildman–Crippen MR) is 66.8 cm³/mol. The Labute approximate surface area is 102 Å². The maximum atomic E-state index is 5.77. The average molecular weight is 240 g/mol. The molecule has 88 valence electrons. The Kier molecular flexibility index (Phi) is 3.33. The van der Waals surface area contributed by atoms with Crippen molar-refractivity contribution in [2.24, 2.45) is 5.41 Å². The lowest BCUT2D eigenvalue weighted by Gasteiger charge is -2.38. The summed E-state index contributed by atoms with van der Waals surface area (Å²) in [7, 11) is 0. The molecule has 3 nitrogen and oxygen atoms in total. The van der Waals surface area contributed by atoms with Crippen LogP contribution in [0.3, 0.4) is 0 Å². The molecule has 0 saturated carbocycles. The van der Waals surface area contributed by atoms with Crippen LogP contribution in [0.1, 0.15) is 32.4 Å². The van der Waals surface area contributed by atoms with Crippen LogP contribution in [0.4, 0.5) is 5.82 Å². The number of rotatable bonds is 2. The molecule has 0 radical (unpaired) electrons. The van der Waals surface area contributed by atoms with Crippen molar-refractivity contribution in [2.75, 3.05) is 18.0 Å². The first kappa shape index (κ1) is 11.6. The van der Waals surface area contributed by atoms with Crippen molar-refractivity contribution in [2.45, 2.75) is 32.6 Å². The summed E-state index contributed by atoms with van der Waals surface area (Å²) in [6, 6.07) is 0. The van der Waals surface area contributed by atoms with Crippen LogP contribution in [0, 0.1) is 5.41 Å². The summed E-state index contributed by atoms with van der Waals surface area (Å²) in [5, 5.41) is 0. The second-order valence-corrected chi connectivity index (χ2v) is 5.46. The van der Waals surface area contributed by atoms with Gasteiger partial charge >= 0.3 is 0 Å². The molecule has 2 rings (SSSR count). The first-order valence-corrected chi connectivity index (χ1v) is 6.26. The van der Waals surface area contributed by atoms with Gasteiger partial charge < -0.3 is 4.90 Å². The van der Waals surface area contributed by atoms with E-state index in [4.69, 9.17) is 11.6 Å². The zero-order valence-electron chi connectivity index (χ0n) is 9.91. The number of alkyl halides is 1. The first-order chi connectivity index (χ1) is 7.61. The van der Waals surface area contributed by atoms with E-state index in [-0.39, 0.29) is 0 Å². The quantitative estimate of drug-likeness (QED) is 0.744. The van der Waals surface area contributed by atoms with Crippen molar-refractivity contribution in [3.05, 3.63) is 18.1 Å². The first-order valence-electron chi connectivity index (χ1n) is 5.72. The molecule has 0 aliphatic carbocycles. The lowest BCUT2D eigenvalue weighted by atomic mass is 9.84. The molecule has 0 N–H and O–H groups in total. The highest BCUT2D eigenvalue weighted by Crippen LogP contribution is 2.30. The second kappa shape index (κ2) is 4.58. The molecule has 1 saturated heterocycles. The maximum absolute atomic E-state index is 5.77. The number of nitrogens with zero attached hydrogens (tertiary/aromatic N) is 3. The largest absolute Gasteiger partial charge is 0.355 e. The Hall–Kier alpha value is -0.830. The molecule has 0 atom stereocenters. The van der Waals surface area contributed by atoms with Crippen molar-refractivity contribution in [1.82, 2.24) is 9.97 Å². The van der Waals surface area contributed by atoms with E-state index in [0.29, 0.717) is 11.3 Å². The summed E-state index contributed by atoms with van der Waals surface area (Å²) >= 11 is 5.77. The minimum atomic E-state index is 0.372. The van der Waals surface area contributed by atoms with Gasteiger partial charge in [-0.3, -0.25) is 4.98 Å². The highest BCUT2D eigenvalue weighted by atomic mass is 35.5. The monoisotopic (exact) mass is 239 g/mol. The van der Waals surface area contributed by atoms with E-state index >= 15 is 0 Å². The Balaban J connectivity index is 2.16. The zero-order chi connectivity index (χ0) is 11.6. The fourth-order valence-corrected chi connectivity index (χ4v) is 2.36. The third-order valence-corrected chi connectivity index (χ3v) is 3.31. The molecule has 16 heavy (non-hydrogen) atoms. The zero-order valence-corrected chi connectivity index (χ0v) is 10.7. The number of aromatic nitrogens is 2. The number of piperidine rings is 1. The van der Waals surface area contributed by atoms with Crippen LogP contribution in [0.25, 0.3) is 0 Å². The SMILES string of the molecule is CC1(C)CCCN(c2cncc(CCl)n2)C1. The Bertz CT molecular complexity index is 365. The summed E-state index contributed by atoms with van der Waals surface area (Å²) in [6.07, 6.45) is 6.06. The van der Waals surface area contributed by atoms with Gasteiger partial charge in [-0.2, -0.15) is 0 Å². The molecule has 0 spiro atoms. The van der Waals surface area contributed by atoms with E-state index in [9.17, 15) is 0 Å². The van der Waals surface area contributed by atoms with Gasteiger partial charge in [-0.15, -0.1) is 11.6 Å². The highest BCUT2D eigenvalue weighted by molar-refractivity contribution is 6.16. The lowest BCUT2D eigenvalue weighted by molar-refractivity contribution is 0.292. The smallest absolute Gasteiger partial charge is 0.147 e. The van der Waals surface area contributed by atoms with Crippen molar-refractivity contribution in [3.63, 3.8) is 0 Å². The van der Waals surface area contributed by atoms with Gasteiger partial charge in [0.1, 0.15) is 5.82 Å². The van der Waals surface area contributed by atoms with Crippen molar-refractivity contribution in [3.8, 4) is 0 Å². The number of anilines is 1. The van der Waals surface area contributed by atoms with E-state index in [1.165, 1.54) is 12.8 Å². The predicted octanol–water partition coefficient (Wildman–Crippen LogP) is 2.84. The summed E-state index contributed by atoms with van der Waals surface area (Å²) in [4.78, 5) is 11.0. The minimum absolute atomic E-state index is 0.372.